The number of esters is 2. The van der Waals surface area contributed by atoms with Crippen molar-refractivity contribution in [2.45, 2.75) is 20.3 Å². The number of nitrogens with one attached hydrogen (secondary N) is 1. The Morgan fingerprint density at radius 3 is 1.94 bits per heavy atom. The Morgan fingerprint density at radius 2 is 1.39 bits per heavy atom. The first kappa shape index (κ1) is 21.8. The van der Waals surface area contributed by atoms with Crippen LogP contribution in [0, 0.1) is 0 Å². The van der Waals surface area contributed by atoms with Crippen molar-refractivity contribution in [3.63, 3.8) is 0 Å². The van der Waals surface area contributed by atoms with Crippen molar-refractivity contribution in [3.8, 4) is 16.9 Å². The van der Waals surface area contributed by atoms with Gasteiger partial charge < -0.3 is 14.8 Å². The summed E-state index contributed by atoms with van der Waals surface area (Å²) in [5.74, 6) is -0.884. The van der Waals surface area contributed by atoms with Gasteiger partial charge in [-0.2, -0.15) is 0 Å². The SMILES string of the molecule is CCc1ccc(NC(=O)COC(=O)c2ccc(-c3ccc(OC(C)=O)cc3)cc2)cc1. The molecule has 0 spiro atoms. The minimum absolute atomic E-state index is 0.348. The quantitative estimate of drug-likeness (QED) is 0.447. The molecule has 0 aliphatic heterocycles. The molecule has 3 rings (SSSR count). The van der Waals surface area contributed by atoms with Gasteiger partial charge in [-0.25, -0.2) is 4.79 Å². The molecule has 6 nitrogen and oxygen atoms in total. The number of carbonyl (C=O) groups is 3. The van der Waals surface area contributed by atoms with Gasteiger partial charge >= 0.3 is 11.9 Å². The van der Waals surface area contributed by atoms with E-state index in [-0.39, 0.29) is 12.6 Å². The van der Waals surface area contributed by atoms with Gasteiger partial charge in [0.25, 0.3) is 5.91 Å². The van der Waals surface area contributed by atoms with Crippen LogP contribution in [0.3, 0.4) is 0 Å². The molecule has 1 amide bonds. The summed E-state index contributed by atoms with van der Waals surface area (Å²) in [7, 11) is 0. The molecule has 158 valence electrons. The lowest BCUT2D eigenvalue weighted by atomic mass is 10.0. The standard InChI is InChI=1S/C25H23NO5/c1-3-18-4-12-22(13-5-18)26-24(28)16-30-25(29)21-8-6-19(7-9-21)20-10-14-23(15-11-20)31-17(2)27/h4-15H,3,16H2,1-2H3,(H,26,28). The summed E-state index contributed by atoms with van der Waals surface area (Å²) < 4.78 is 10.1. The monoisotopic (exact) mass is 417 g/mol. The molecular formula is C25H23NO5. The van der Waals surface area contributed by atoms with Crippen LogP contribution in [0.25, 0.3) is 11.1 Å². The van der Waals surface area contributed by atoms with E-state index in [9.17, 15) is 14.4 Å². The molecular weight excluding hydrogens is 394 g/mol. The van der Waals surface area contributed by atoms with Crippen molar-refractivity contribution in [1.82, 2.24) is 0 Å². The Kier molecular flexibility index (Phi) is 7.17. The molecule has 3 aromatic rings. The van der Waals surface area contributed by atoms with E-state index in [1.54, 1.807) is 36.4 Å². The topological polar surface area (TPSA) is 81.7 Å². The Balaban J connectivity index is 1.53. The average molecular weight is 417 g/mol. The van der Waals surface area contributed by atoms with E-state index < -0.39 is 11.9 Å². The predicted molar refractivity (Wildman–Crippen MR) is 118 cm³/mol. The summed E-state index contributed by atoms with van der Waals surface area (Å²) >= 11 is 0. The normalized spacial score (nSPS) is 10.3. The molecule has 31 heavy (non-hydrogen) atoms. The van der Waals surface area contributed by atoms with Crippen LogP contribution in [0.5, 0.6) is 5.75 Å². The highest BCUT2D eigenvalue weighted by molar-refractivity contribution is 5.95. The number of hydrogen-bond acceptors (Lipinski definition) is 5. The van der Waals surface area contributed by atoms with E-state index >= 15 is 0 Å². The minimum Gasteiger partial charge on any atom is -0.452 e. The molecule has 0 saturated carbocycles. The number of carbonyl (C=O) groups excluding carboxylic acids is 3. The summed E-state index contributed by atoms with van der Waals surface area (Å²) in [5, 5.41) is 2.70. The van der Waals surface area contributed by atoms with Crippen LogP contribution in [0.2, 0.25) is 0 Å². The van der Waals surface area contributed by atoms with Gasteiger partial charge in [0, 0.05) is 12.6 Å². The second kappa shape index (κ2) is 10.2. The zero-order valence-electron chi connectivity index (χ0n) is 17.4. The minimum atomic E-state index is -0.576. The van der Waals surface area contributed by atoms with E-state index in [2.05, 4.69) is 12.2 Å². The van der Waals surface area contributed by atoms with Gasteiger partial charge in [-0.3, -0.25) is 9.59 Å². The number of anilines is 1. The highest BCUT2D eigenvalue weighted by atomic mass is 16.5. The highest BCUT2D eigenvalue weighted by Gasteiger charge is 2.11. The number of benzene rings is 3. The lowest BCUT2D eigenvalue weighted by molar-refractivity contribution is -0.131. The Labute approximate surface area is 180 Å². The lowest BCUT2D eigenvalue weighted by Crippen LogP contribution is -2.20. The third-order valence-electron chi connectivity index (χ3n) is 4.55. The molecule has 0 aliphatic carbocycles. The maximum absolute atomic E-state index is 12.2. The fourth-order valence-corrected chi connectivity index (χ4v) is 2.92. The van der Waals surface area contributed by atoms with E-state index in [0.29, 0.717) is 17.0 Å². The maximum atomic E-state index is 12.2. The van der Waals surface area contributed by atoms with Crippen LogP contribution < -0.4 is 10.1 Å². The van der Waals surface area contributed by atoms with E-state index in [0.717, 1.165) is 17.5 Å². The van der Waals surface area contributed by atoms with Crippen molar-refractivity contribution in [2.24, 2.45) is 0 Å². The molecule has 0 bridgehead atoms. The molecule has 6 heteroatoms. The van der Waals surface area contributed by atoms with E-state index in [1.165, 1.54) is 12.5 Å². The van der Waals surface area contributed by atoms with Gasteiger partial charge in [0.2, 0.25) is 0 Å². The summed E-state index contributed by atoms with van der Waals surface area (Å²) in [4.78, 5) is 35.2. The zero-order chi connectivity index (χ0) is 22.2. The van der Waals surface area contributed by atoms with Crippen molar-refractivity contribution < 1.29 is 23.9 Å². The molecule has 0 fully saturated rings. The molecule has 0 radical (unpaired) electrons. The second-order valence-corrected chi connectivity index (χ2v) is 6.87. The van der Waals surface area contributed by atoms with E-state index in [4.69, 9.17) is 9.47 Å². The van der Waals surface area contributed by atoms with E-state index in [1.807, 2.05) is 36.4 Å². The van der Waals surface area contributed by atoms with Gasteiger partial charge in [-0.05, 0) is 59.5 Å². The molecule has 0 unspecified atom stereocenters. The molecule has 0 aromatic heterocycles. The van der Waals surface area contributed by atoms with Gasteiger partial charge in [-0.15, -0.1) is 0 Å². The number of hydrogen-bond donors (Lipinski definition) is 1. The largest absolute Gasteiger partial charge is 0.452 e. The first-order valence-corrected chi connectivity index (χ1v) is 9.89. The Bertz CT molecular complexity index is 1050. The van der Waals surface area contributed by atoms with Crippen molar-refractivity contribution in [2.75, 3.05) is 11.9 Å². The number of aryl methyl sites for hydroxylation is 1. The van der Waals surface area contributed by atoms with Gasteiger partial charge in [0.05, 0.1) is 5.56 Å². The molecule has 3 aromatic carbocycles. The van der Waals surface area contributed by atoms with Crippen molar-refractivity contribution in [1.29, 1.82) is 0 Å². The predicted octanol–water partition coefficient (Wildman–Crippen LogP) is 4.64. The van der Waals surface area contributed by atoms with Crippen molar-refractivity contribution in [3.05, 3.63) is 83.9 Å². The zero-order valence-corrected chi connectivity index (χ0v) is 17.4. The first-order valence-electron chi connectivity index (χ1n) is 9.89. The molecule has 1 N–H and O–H groups in total. The smallest absolute Gasteiger partial charge is 0.338 e. The Hall–Kier alpha value is -3.93. The number of amides is 1. The van der Waals surface area contributed by atoms with Crippen LogP contribution in [0.15, 0.2) is 72.8 Å². The summed E-state index contributed by atoms with van der Waals surface area (Å²) in [6.45, 7) is 3.04. The Morgan fingerprint density at radius 1 is 0.806 bits per heavy atom. The van der Waals surface area contributed by atoms with Crippen LogP contribution >= 0.6 is 0 Å². The fourth-order valence-electron chi connectivity index (χ4n) is 2.92. The number of ether oxygens (including phenoxy) is 2. The van der Waals surface area contributed by atoms with Crippen LogP contribution in [-0.2, 0) is 20.7 Å². The molecule has 0 aliphatic rings. The highest BCUT2D eigenvalue weighted by Crippen LogP contribution is 2.23. The summed E-state index contributed by atoms with van der Waals surface area (Å²) in [5.41, 5.74) is 3.97. The van der Waals surface area contributed by atoms with Crippen LogP contribution in [-0.4, -0.2) is 24.5 Å². The molecule has 0 atom stereocenters. The molecule has 0 heterocycles. The summed E-state index contributed by atoms with van der Waals surface area (Å²) in [6, 6.07) is 21.4. The third-order valence-corrected chi connectivity index (χ3v) is 4.55. The van der Waals surface area contributed by atoms with Crippen molar-refractivity contribution >= 4 is 23.5 Å². The number of rotatable bonds is 7. The third kappa shape index (κ3) is 6.27. The average Bonchev–Trinajstić information content (AvgIpc) is 2.78. The second-order valence-electron chi connectivity index (χ2n) is 6.87. The van der Waals surface area contributed by atoms with Crippen LogP contribution in [0.1, 0.15) is 29.8 Å². The maximum Gasteiger partial charge on any atom is 0.338 e. The lowest BCUT2D eigenvalue weighted by Gasteiger charge is -2.08. The fraction of sp³-hybridized carbons (Fsp3) is 0.160. The van der Waals surface area contributed by atoms with Crippen LogP contribution in [0.4, 0.5) is 5.69 Å². The molecule has 0 saturated heterocycles. The summed E-state index contributed by atoms with van der Waals surface area (Å²) in [6.07, 6.45) is 0.921. The van der Waals surface area contributed by atoms with Gasteiger partial charge in [-0.1, -0.05) is 43.3 Å². The first-order chi connectivity index (χ1) is 14.9. The van der Waals surface area contributed by atoms with Gasteiger partial charge in [0.1, 0.15) is 5.75 Å². The van der Waals surface area contributed by atoms with Gasteiger partial charge in [0.15, 0.2) is 6.61 Å².